The number of carbonyl (C=O) groups is 1. The van der Waals surface area contributed by atoms with Crippen LogP contribution in [0.1, 0.15) is 25.3 Å². The van der Waals surface area contributed by atoms with Crippen molar-refractivity contribution in [3.8, 4) is 22.8 Å². The van der Waals surface area contributed by atoms with Gasteiger partial charge in [0, 0.05) is 16.5 Å². The molecule has 0 atom stereocenters. The molecule has 0 saturated carbocycles. The summed E-state index contributed by atoms with van der Waals surface area (Å²) in [5.41, 5.74) is 2.53. The molecule has 0 fully saturated rings. The van der Waals surface area contributed by atoms with Gasteiger partial charge in [0.2, 0.25) is 0 Å². The van der Waals surface area contributed by atoms with Crippen molar-refractivity contribution in [2.45, 2.75) is 26.2 Å². The van der Waals surface area contributed by atoms with E-state index in [1.54, 1.807) is 6.07 Å². The molecule has 6 heteroatoms. The van der Waals surface area contributed by atoms with Gasteiger partial charge in [-0.25, -0.2) is 4.39 Å². The van der Waals surface area contributed by atoms with Crippen molar-refractivity contribution in [2.75, 3.05) is 13.7 Å². The van der Waals surface area contributed by atoms with Crippen LogP contribution in [-0.2, 0) is 11.2 Å². The number of hydrogen-bond donors (Lipinski definition) is 2. The first kappa shape index (κ1) is 18.8. The first-order valence-electron chi connectivity index (χ1n) is 8.86. The molecule has 0 aliphatic carbocycles. The minimum atomic E-state index is -0.955. The van der Waals surface area contributed by atoms with Gasteiger partial charge in [-0.1, -0.05) is 13.3 Å². The molecule has 0 saturated heterocycles. The van der Waals surface area contributed by atoms with Crippen molar-refractivity contribution in [1.82, 2.24) is 4.98 Å². The number of hydrogen-bond acceptors (Lipinski definition) is 3. The number of fused-ring (bicyclic) bond motifs is 1. The van der Waals surface area contributed by atoms with Crippen LogP contribution in [0, 0.1) is 5.82 Å². The van der Waals surface area contributed by atoms with E-state index in [2.05, 4.69) is 11.9 Å². The number of halogens is 1. The first-order chi connectivity index (χ1) is 13.0. The minimum absolute atomic E-state index is 0.140. The fourth-order valence-corrected chi connectivity index (χ4v) is 3.05. The normalized spacial score (nSPS) is 10.9. The number of carboxylic acid groups (broad SMARTS) is 1. The zero-order valence-electron chi connectivity index (χ0n) is 15.3. The van der Waals surface area contributed by atoms with Crippen LogP contribution in [0.3, 0.4) is 0 Å². The second-order valence-corrected chi connectivity index (χ2v) is 6.31. The van der Waals surface area contributed by atoms with E-state index in [9.17, 15) is 14.3 Å². The predicted molar refractivity (Wildman–Crippen MR) is 102 cm³/mol. The van der Waals surface area contributed by atoms with Crippen LogP contribution in [0.2, 0.25) is 0 Å². The second kappa shape index (κ2) is 8.12. The fourth-order valence-electron chi connectivity index (χ4n) is 3.05. The average Bonchev–Trinajstić information content (AvgIpc) is 2.99. The monoisotopic (exact) mass is 371 g/mol. The third-order valence-electron chi connectivity index (χ3n) is 4.41. The fraction of sp³-hybridized carbons (Fsp3) is 0.286. The Labute approximate surface area is 156 Å². The van der Waals surface area contributed by atoms with Gasteiger partial charge in [-0.05, 0) is 48.4 Å². The second-order valence-electron chi connectivity index (χ2n) is 6.31. The van der Waals surface area contributed by atoms with Crippen LogP contribution >= 0.6 is 0 Å². The molecule has 1 aromatic heterocycles. The Bertz CT molecular complexity index is 964. The van der Waals surface area contributed by atoms with Crippen LogP contribution in [0.5, 0.6) is 11.5 Å². The summed E-state index contributed by atoms with van der Waals surface area (Å²) in [4.78, 5) is 14.6. The number of ether oxygens (including phenoxy) is 2. The van der Waals surface area contributed by atoms with E-state index in [-0.39, 0.29) is 12.2 Å². The molecule has 27 heavy (non-hydrogen) atoms. The number of aromatic nitrogens is 1. The van der Waals surface area contributed by atoms with Gasteiger partial charge in [0.1, 0.15) is 5.75 Å². The van der Waals surface area contributed by atoms with Gasteiger partial charge in [0.05, 0.1) is 25.8 Å². The van der Waals surface area contributed by atoms with Crippen LogP contribution in [0.15, 0.2) is 36.4 Å². The number of aromatic amines is 1. The summed E-state index contributed by atoms with van der Waals surface area (Å²) in [6.07, 6.45) is 1.80. The lowest BCUT2D eigenvalue weighted by molar-refractivity contribution is -0.136. The SMILES string of the molecule is CCCCOc1ccc2[nH]c(-c3ccc(OC)c(F)c3)c(CC(=O)O)c2c1. The highest BCUT2D eigenvalue weighted by Gasteiger charge is 2.18. The summed E-state index contributed by atoms with van der Waals surface area (Å²) in [5.74, 6) is -0.628. The van der Waals surface area contributed by atoms with Crippen molar-refractivity contribution >= 4 is 16.9 Å². The molecule has 2 N–H and O–H groups in total. The maximum Gasteiger partial charge on any atom is 0.307 e. The molecule has 3 rings (SSSR count). The smallest absolute Gasteiger partial charge is 0.307 e. The van der Waals surface area contributed by atoms with E-state index >= 15 is 0 Å². The lowest BCUT2D eigenvalue weighted by atomic mass is 10.0. The summed E-state index contributed by atoms with van der Waals surface area (Å²) in [6.45, 7) is 2.70. The van der Waals surface area contributed by atoms with Crippen molar-refractivity contribution in [3.05, 3.63) is 47.8 Å². The van der Waals surface area contributed by atoms with Gasteiger partial charge >= 0.3 is 5.97 Å². The Hall–Kier alpha value is -3.02. The van der Waals surface area contributed by atoms with E-state index in [0.29, 0.717) is 29.2 Å². The van der Waals surface area contributed by atoms with Gasteiger partial charge in [-0.15, -0.1) is 0 Å². The number of nitrogens with one attached hydrogen (secondary N) is 1. The topological polar surface area (TPSA) is 71.5 Å². The Balaban J connectivity index is 2.08. The number of methoxy groups -OCH3 is 1. The maximum absolute atomic E-state index is 14.1. The number of H-pyrrole nitrogens is 1. The quantitative estimate of drug-likeness (QED) is 0.559. The van der Waals surface area contributed by atoms with Crippen LogP contribution in [-0.4, -0.2) is 29.8 Å². The van der Waals surface area contributed by atoms with Crippen LogP contribution in [0.25, 0.3) is 22.2 Å². The molecule has 0 aliphatic rings. The lowest BCUT2D eigenvalue weighted by Gasteiger charge is -2.07. The van der Waals surface area contributed by atoms with E-state index in [1.807, 2.05) is 18.2 Å². The van der Waals surface area contributed by atoms with E-state index in [0.717, 1.165) is 23.7 Å². The summed E-state index contributed by atoms with van der Waals surface area (Å²) in [5, 5.41) is 10.1. The molecule has 3 aromatic rings. The Kier molecular flexibility index (Phi) is 5.64. The molecular formula is C21H22FNO4. The molecular weight excluding hydrogens is 349 g/mol. The number of aliphatic carboxylic acids is 1. The molecule has 0 radical (unpaired) electrons. The van der Waals surface area contributed by atoms with Crippen molar-refractivity contribution in [1.29, 1.82) is 0 Å². The zero-order chi connectivity index (χ0) is 19.4. The summed E-state index contributed by atoms with van der Waals surface area (Å²) < 4.78 is 24.8. The molecule has 0 amide bonds. The number of unbranched alkanes of at least 4 members (excludes halogenated alkanes) is 1. The highest BCUT2D eigenvalue weighted by molar-refractivity contribution is 5.94. The predicted octanol–water partition coefficient (Wildman–Crippen LogP) is 4.79. The molecule has 5 nitrogen and oxygen atoms in total. The largest absolute Gasteiger partial charge is 0.494 e. The summed E-state index contributed by atoms with van der Waals surface area (Å²) in [7, 11) is 1.40. The summed E-state index contributed by atoms with van der Waals surface area (Å²) >= 11 is 0. The van der Waals surface area contributed by atoms with Crippen molar-refractivity contribution in [3.63, 3.8) is 0 Å². The van der Waals surface area contributed by atoms with E-state index in [1.165, 1.54) is 19.2 Å². The molecule has 142 valence electrons. The number of benzene rings is 2. The van der Waals surface area contributed by atoms with E-state index < -0.39 is 11.8 Å². The highest BCUT2D eigenvalue weighted by atomic mass is 19.1. The number of rotatable bonds is 8. The van der Waals surface area contributed by atoms with Gasteiger partial charge in [0.25, 0.3) is 0 Å². The van der Waals surface area contributed by atoms with E-state index in [4.69, 9.17) is 9.47 Å². The zero-order valence-corrected chi connectivity index (χ0v) is 15.3. The van der Waals surface area contributed by atoms with Crippen molar-refractivity contribution < 1.29 is 23.8 Å². The minimum Gasteiger partial charge on any atom is -0.494 e. The molecule has 0 aliphatic heterocycles. The first-order valence-corrected chi connectivity index (χ1v) is 8.86. The molecule has 0 bridgehead atoms. The molecule has 2 aromatic carbocycles. The lowest BCUT2D eigenvalue weighted by Crippen LogP contribution is -2.01. The molecule has 0 spiro atoms. The van der Waals surface area contributed by atoms with Gasteiger partial charge < -0.3 is 19.6 Å². The van der Waals surface area contributed by atoms with Gasteiger partial charge in [-0.3, -0.25) is 4.79 Å². The van der Waals surface area contributed by atoms with Gasteiger partial charge in [-0.2, -0.15) is 0 Å². The standard InChI is InChI=1S/C21H22FNO4/c1-3-4-9-27-14-6-7-18-15(11-14)16(12-20(24)25)21(23-18)13-5-8-19(26-2)17(22)10-13/h5-8,10-11,23H,3-4,9,12H2,1-2H3,(H,24,25). The van der Waals surface area contributed by atoms with Gasteiger partial charge in [0.15, 0.2) is 11.6 Å². The van der Waals surface area contributed by atoms with Crippen LogP contribution < -0.4 is 9.47 Å². The Morgan fingerprint density at radius 2 is 2.04 bits per heavy atom. The third kappa shape index (κ3) is 4.05. The highest BCUT2D eigenvalue weighted by Crippen LogP contribution is 2.34. The van der Waals surface area contributed by atoms with Crippen LogP contribution in [0.4, 0.5) is 4.39 Å². The van der Waals surface area contributed by atoms with Crippen molar-refractivity contribution in [2.24, 2.45) is 0 Å². The Morgan fingerprint density at radius 1 is 1.22 bits per heavy atom. The Morgan fingerprint density at radius 3 is 2.70 bits per heavy atom. The maximum atomic E-state index is 14.1. The summed E-state index contributed by atoms with van der Waals surface area (Å²) in [6, 6.07) is 10.1. The number of carboxylic acids is 1. The average molecular weight is 371 g/mol. The third-order valence-corrected chi connectivity index (χ3v) is 4.41. The molecule has 0 unspecified atom stereocenters. The molecule has 1 heterocycles.